The smallest absolute Gasteiger partial charge is 0.243 e. The van der Waals surface area contributed by atoms with E-state index in [-0.39, 0.29) is 18.4 Å². The van der Waals surface area contributed by atoms with Crippen LogP contribution in [0.5, 0.6) is 5.75 Å². The summed E-state index contributed by atoms with van der Waals surface area (Å²) in [7, 11) is -0.288. The molecule has 23 heavy (non-hydrogen) atoms. The zero-order chi connectivity index (χ0) is 15.7. The van der Waals surface area contributed by atoms with Crippen LogP contribution in [0.4, 0.5) is 0 Å². The van der Waals surface area contributed by atoms with Crippen LogP contribution in [0.1, 0.15) is 6.42 Å². The van der Waals surface area contributed by atoms with Gasteiger partial charge in [0.15, 0.2) is 0 Å². The van der Waals surface area contributed by atoms with Gasteiger partial charge in [0.2, 0.25) is 10.0 Å². The number of nitrogens with zero attached hydrogens (tertiary/aromatic N) is 1. The minimum absolute atomic E-state index is 0. The van der Waals surface area contributed by atoms with Gasteiger partial charge in [-0.1, -0.05) is 24.3 Å². The van der Waals surface area contributed by atoms with E-state index in [9.17, 15) is 8.42 Å². The first-order valence-electron chi connectivity index (χ1n) is 7.30. The molecule has 0 aromatic heterocycles. The van der Waals surface area contributed by atoms with E-state index in [1.165, 1.54) is 4.31 Å². The topological polar surface area (TPSA) is 58.6 Å². The zero-order valence-corrected chi connectivity index (χ0v) is 14.8. The van der Waals surface area contributed by atoms with Crippen molar-refractivity contribution in [3.63, 3.8) is 0 Å². The van der Waals surface area contributed by atoms with Gasteiger partial charge in [0.25, 0.3) is 0 Å². The normalized spacial score (nSPS) is 18.1. The van der Waals surface area contributed by atoms with Crippen LogP contribution in [0, 0.1) is 0 Å². The lowest BCUT2D eigenvalue weighted by atomic mass is 10.1. The standard InChI is InChI=1S/C16H20N2O3S.ClH/c1-18(12-9-10-17-11-12)22(19,20)16-8-7-15(21-2)13-5-3-4-6-14(13)16;/h3-8,12,17H,9-11H2,1-2H3;1H. The van der Waals surface area contributed by atoms with Crippen LogP contribution in [0.2, 0.25) is 0 Å². The monoisotopic (exact) mass is 356 g/mol. The molecule has 1 aliphatic rings. The molecule has 2 aromatic rings. The van der Waals surface area contributed by atoms with Crippen molar-refractivity contribution in [2.45, 2.75) is 17.4 Å². The number of hydrogen-bond donors (Lipinski definition) is 1. The van der Waals surface area contributed by atoms with Gasteiger partial charge < -0.3 is 10.1 Å². The van der Waals surface area contributed by atoms with Gasteiger partial charge in [0, 0.05) is 30.4 Å². The molecule has 0 saturated carbocycles. The van der Waals surface area contributed by atoms with E-state index in [1.54, 1.807) is 26.3 Å². The molecule has 7 heteroatoms. The van der Waals surface area contributed by atoms with Crippen LogP contribution in [0.25, 0.3) is 10.8 Å². The van der Waals surface area contributed by atoms with E-state index in [1.807, 2.05) is 24.3 Å². The number of halogens is 1. The second-order valence-electron chi connectivity index (χ2n) is 5.48. The molecule has 1 N–H and O–H groups in total. The van der Waals surface area contributed by atoms with Gasteiger partial charge in [0.05, 0.1) is 12.0 Å². The van der Waals surface area contributed by atoms with Crippen molar-refractivity contribution in [1.82, 2.24) is 9.62 Å². The van der Waals surface area contributed by atoms with Gasteiger partial charge in [-0.15, -0.1) is 12.4 Å². The lowest BCUT2D eigenvalue weighted by molar-refractivity contribution is 0.388. The highest BCUT2D eigenvalue weighted by molar-refractivity contribution is 7.89. The van der Waals surface area contributed by atoms with Gasteiger partial charge in [-0.3, -0.25) is 0 Å². The first-order chi connectivity index (χ1) is 10.6. The summed E-state index contributed by atoms with van der Waals surface area (Å²) in [5.41, 5.74) is 0. The summed E-state index contributed by atoms with van der Waals surface area (Å²) in [5.74, 6) is 0.680. The fourth-order valence-corrected chi connectivity index (χ4v) is 4.53. The number of sulfonamides is 1. The number of rotatable bonds is 4. The molecule has 1 unspecified atom stereocenters. The molecule has 1 aliphatic heterocycles. The third kappa shape index (κ3) is 3.17. The van der Waals surface area contributed by atoms with Gasteiger partial charge >= 0.3 is 0 Å². The lowest BCUT2D eigenvalue weighted by Gasteiger charge is -2.24. The summed E-state index contributed by atoms with van der Waals surface area (Å²) in [6.45, 7) is 1.55. The Labute approximate surface area is 143 Å². The summed E-state index contributed by atoms with van der Waals surface area (Å²) >= 11 is 0. The predicted octanol–water partition coefficient (Wildman–Crippen LogP) is 2.25. The average Bonchev–Trinajstić information content (AvgIpc) is 3.07. The molecule has 2 aromatic carbocycles. The molecule has 126 valence electrons. The highest BCUT2D eigenvalue weighted by atomic mass is 35.5. The van der Waals surface area contributed by atoms with Crippen molar-refractivity contribution in [2.75, 3.05) is 27.2 Å². The third-order valence-corrected chi connectivity index (χ3v) is 6.24. The minimum atomic E-state index is -3.54. The predicted molar refractivity (Wildman–Crippen MR) is 94.0 cm³/mol. The molecule has 1 fully saturated rings. The fourth-order valence-electron chi connectivity index (χ4n) is 2.95. The average molecular weight is 357 g/mol. The number of ether oxygens (including phenoxy) is 1. The molecule has 5 nitrogen and oxygen atoms in total. The maximum absolute atomic E-state index is 13.0. The lowest BCUT2D eigenvalue weighted by Crippen LogP contribution is -2.38. The number of fused-ring (bicyclic) bond motifs is 1. The van der Waals surface area contributed by atoms with Crippen molar-refractivity contribution >= 4 is 33.2 Å². The van der Waals surface area contributed by atoms with E-state index >= 15 is 0 Å². The van der Waals surface area contributed by atoms with Crippen LogP contribution >= 0.6 is 12.4 Å². The molecule has 1 atom stereocenters. The van der Waals surface area contributed by atoms with Crippen molar-refractivity contribution in [3.05, 3.63) is 36.4 Å². The van der Waals surface area contributed by atoms with E-state index < -0.39 is 10.0 Å². The Kier molecular flexibility index (Phi) is 5.52. The molecular formula is C16H21ClN2O3S. The molecule has 0 bridgehead atoms. The van der Waals surface area contributed by atoms with Gasteiger partial charge in [-0.25, -0.2) is 8.42 Å². The molecule has 3 rings (SSSR count). The second-order valence-corrected chi connectivity index (χ2v) is 7.45. The van der Waals surface area contributed by atoms with Crippen molar-refractivity contribution in [3.8, 4) is 5.75 Å². The van der Waals surface area contributed by atoms with E-state index in [2.05, 4.69) is 5.32 Å². The number of likely N-dealkylation sites (N-methyl/N-ethyl adjacent to an activating group) is 1. The first-order valence-corrected chi connectivity index (χ1v) is 8.74. The number of benzene rings is 2. The highest BCUT2D eigenvalue weighted by Gasteiger charge is 2.31. The Morgan fingerprint density at radius 2 is 1.87 bits per heavy atom. The van der Waals surface area contributed by atoms with Crippen molar-refractivity contribution in [1.29, 1.82) is 0 Å². The number of methoxy groups -OCH3 is 1. The molecule has 1 saturated heterocycles. The largest absolute Gasteiger partial charge is 0.496 e. The van der Waals surface area contributed by atoms with E-state index in [0.29, 0.717) is 22.6 Å². The van der Waals surface area contributed by atoms with E-state index in [0.717, 1.165) is 18.4 Å². The maximum atomic E-state index is 13.0. The summed E-state index contributed by atoms with van der Waals surface area (Å²) in [5, 5.41) is 4.71. The zero-order valence-electron chi connectivity index (χ0n) is 13.2. The number of nitrogens with one attached hydrogen (secondary N) is 1. The van der Waals surface area contributed by atoms with Gasteiger partial charge in [0.1, 0.15) is 5.75 Å². The minimum Gasteiger partial charge on any atom is -0.496 e. The quantitative estimate of drug-likeness (QED) is 0.912. The van der Waals surface area contributed by atoms with Crippen LogP contribution in [-0.2, 0) is 10.0 Å². The van der Waals surface area contributed by atoms with Gasteiger partial charge in [-0.05, 0) is 25.1 Å². The second kappa shape index (κ2) is 7.05. The summed E-state index contributed by atoms with van der Waals surface area (Å²) in [4.78, 5) is 0.332. The Balaban J connectivity index is 0.00000192. The van der Waals surface area contributed by atoms with E-state index in [4.69, 9.17) is 4.74 Å². The fraction of sp³-hybridized carbons (Fsp3) is 0.375. The van der Waals surface area contributed by atoms with Crippen LogP contribution < -0.4 is 10.1 Å². The summed E-state index contributed by atoms with van der Waals surface area (Å²) in [6, 6.07) is 10.8. The molecule has 0 spiro atoms. The summed E-state index contributed by atoms with van der Waals surface area (Å²) in [6.07, 6.45) is 0.837. The Hall–Kier alpha value is -1.34. The third-order valence-electron chi connectivity index (χ3n) is 4.27. The Bertz CT molecular complexity index is 789. The van der Waals surface area contributed by atoms with Crippen molar-refractivity contribution in [2.24, 2.45) is 0 Å². The van der Waals surface area contributed by atoms with Crippen molar-refractivity contribution < 1.29 is 13.2 Å². The summed E-state index contributed by atoms with van der Waals surface area (Å²) < 4.78 is 32.8. The molecule has 0 radical (unpaired) electrons. The highest BCUT2D eigenvalue weighted by Crippen LogP contribution is 2.32. The van der Waals surface area contributed by atoms with Crippen LogP contribution in [0.15, 0.2) is 41.3 Å². The first kappa shape index (κ1) is 18.0. The molecule has 0 aliphatic carbocycles. The maximum Gasteiger partial charge on any atom is 0.243 e. The number of hydrogen-bond acceptors (Lipinski definition) is 4. The van der Waals surface area contributed by atoms with Crippen LogP contribution in [-0.4, -0.2) is 46.0 Å². The molecular weight excluding hydrogens is 336 g/mol. The van der Waals surface area contributed by atoms with Crippen LogP contribution in [0.3, 0.4) is 0 Å². The Morgan fingerprint density at radius 3 is 2.48 bits per heavy atom. The van der Waals surface area contributed by atoms with Gasteiger partial charge in [-0.2, -0.15) is 4.31 Å². The molecule has 1 heterocycles. The molecule has 0 amide bonds. The SMILES string of the molecule is COc1ccc(S(=O)(=O)N(C)C2CCNC2)c2ccccc12.Cl. The Morgan fingerprint density at radius 1 is 1.17 bits per heavy atom.